The summed E-state index contributed by atoms with van der Waals surface area (Å²) in [6, 6.07) is 8.34. The Hall–Kier alpha value is -1.84. The zero-order valence-electron chi connectivity index (χ0n) is 12.5. The van der Waals surface area contributed by atoms with Gasteiger partial charge in [0.25, 0.3) is 0 Å². The Morgan fingerprint density at radius 1 is 1.24 bits per heavy atom. The number of likely N-dealkylation sites (tertiary alicyclic amines) is 1. The van der Waals surface area contributed by atoms with Crippen LogP contribution in [0, 0.1) is 5.92 Å². The smallest absolute Gasteiger partial charge is 0.308 e. The third-order valence-corrected chi connectivity index (χ3v) is 4.18. The standard InChI is InChI=1S/C17H23NO3/c1-2-13-5-7-14(8-6-13)9-10-16(19)18-11-3-4-15(12-18)17(20)21/h5-8,15H,2-4,9-12H2,1H3,(H,20,21)/t15-/m0/s1. The molecule has 2 rings (SSSR count). The highest BCUT2D eigenvalue weighted by molar-refractivity contribution is 5.78. The van der Waals surface area contributed by atoms with E-state index in [0.717, 1.165) is 24.8 Å². The summed E-state index contributed by atoms with van der Waals surface area (Å²) in [4.78, 5) is 24.9. The zero-order chi connectivity index (χ0) is 15.2. The number of piperidine rings is 1. The van der Waals surface area contributed by atoms with E-state index in [1.165, 1.54) is 5.56 Å². The molecule has 1 aromatic carbocycles. The van der Waals surface area contributed by atoms with E-state index in [4.69, 9.17) is 5.11 Å². The number of rotatable bonds is 5. The van der Waals surface area contributed by atoms with E-state index in [9.17, 15) is 9.59 Å². The number of hydrogen-bond donors (Lipinski definition) is 1. The quantitative estimate of drug-likeness (QED) is 0.906. The van der Waals surface area contributed by atoms with E-state index in [-0.39, 0.29) is 5.91 Å². The van der Waals surface area contributed by atoms with Crippen LogP contribution < -0.4 is 0 Å². The van der Waals surface area contributed by atoms with Crippen molar-refractivity contribution in [1.29, 1.82) is 0 Å². The monoisotopic (exact) mass is 289 g/mol. The van der Waals surface area contributed by atoms with Gasteiger partial charge in [-0.25, -0.2) is 0 Å². The molecule has 0 spiro atoms. The molecular weight excluding hydrogens is 266 g/mol. The molecule has 0 bridgehead atoms. The van der Waals surface area contributed by atoms with Crippen LogP contribution in [0.15, 0.2) is 24.3 Å². The van der Waals surface area contributed by atoms with Crippen molar-refractivity contribution in [1.82, 2.24) is 4.90 Å². The second-order valence-electron chi connectivity index (χ2n) is 5.69. The molecule has 1 atom stereocenters. The van der Waals surface area contributed by atoms with Crippen molar-refractivity contribution in [3.63, 3.8) is 0 Å². The fourth-order valence-electron chi connectivity index (χ4n) is 2.76. The van der Waals surface area contributed by atoms with Crippen LogP contribution in [0.5, 0.6) is 0 Å². The summed E-state index contributed by atoms with van der Waals surface area (Å²) in [6.07, 6.45) is 3.66. The molecule has 4 heteroatoms. The molecule has 1 amide bonds. The van der Waals surface area contributed by atoms with E-state index in [0.29, 0.717) is 25.9 Å². The van der Waals surface area contributed by atoms with E-state index in [1.807, 2.05) is 0 Å². The maximum absolute atomic E-state index is 12.2. The van der Waals surface area contributed by atoms with Gasteiger partial charge in [0.2, 0.25) is 5.91 Å². The van der Waals surface area contributed by atoms with E-state index in [2.05, 4.69) is 31.2 Å². The summed E-state index contributed by atoms with van der Waals surface area (Å²) < 4.78 is 0. The number of nitrogens with zero attached hydrogens (tertiary/aromatic N) is 1. The molecule has 1 heterocycles. The van der Waals surface area contributed by atoms with Crippen LogP contribution in [0.25, 0.3) is 0 Å². The molecule has 1 aliphatic rings. The van der Waals surface area contributed by atoms with Crippen LogP contribution in [0.1, 0.15) is 37.3 Å². The SMILES string of the molecule is CCc1ccc(CCC(=O)N2CCC[C@H](C(=O)O)C2)cc1. The van der Waals surface area contributed by atoms with Crippen molar-refractivity contribution in [2.24, 2.45) is 5.92 Å². The summed E-state index contributed by atoms with van der Waals surface area (Å²) >= 11 is 0. The van der Waals surface area contributed by atoms with Gasteiger partial charge >= 0.3 is 5.97 Å². The third-order valence-electron chi connectivity index (χ3n) is 4.18. The Balaban J connectivity index is 1.84. The highest BCUT2D eigenvalue weighted by Gasteiger charge is 2.27. The van der Waals surface area contributed by atoms with Crippen molar-refractivity contribution in [2.75, 3.05) is 13.1 Å². The summed E-state index contributed by atoms with van der Waals surface area (Å²) in [7, 11) is 0. The first kappa shape index (κ1) is 15.5. The second-order valence-corrected chi connectivity index (χ2v) is 5.69. The summed E-state index contributed by atoms with van der Waals surface area (Å²) in [5.41, 5.74) is 2.46. The van der Waals surface area contributed by atoms with Crippen LogP contribution in [0.2, 0.25) is 0 Å². The highest BCUT2D eigenvalue weighted by atomic mass is 16.4. The number of benzene rings is 1. The average molecular weight is 289 g/mol. The molecule has 0 aromatic heterocycles. The lowest BCUT2D eigenvalue weighted by atomic mass is 9.97. The van der Waals surface area contributed by atoms with Crippen molar-refractivity contribution >= 4 is 11.9 Å². The maximum Gasteiger partial charge on any atom is 0.308 e. The van der Waals surface area contributed by atoms with Crippen LogP contribution in [0.4, 0.5) is 0 Å². The molecule has 0 saturated carbocycles. The van der Waals surface area contributed by atoms with Crippen molar-refractivity contribution in [2.45, 2.75) is 39.0 Å². The van der Waals surface area contributed by atoms with Gasteiger partial charge in [0.15, 0.2) is 0 Å². The van der Waals surface area contributed by atoms with Gasteiger partial charge in [-0.15, -0.1) is 0 Å². The number of amides is 1. The van der Waals surface area contributed by atoms with Crippen molar-refractivity contribution in [3.8, 4) is 0 Å². The molecule has 0 unspecified atom stereocenters. The van der Waals surface area contributed by atoms with Gasteiger partial charge in [0, 0.05) is 19.5 Å². The van der Waals surface area contributed by atoms with Crippen LogP contribution >= 0.6 is 0 Å². The topological polar surface area (TPSA) is 57.6 Å². The molecule has 1 aromatic rings. The van der Waals surface area contributed by atoms with Crippen molar-refractivity contribution in [3.05, 3.63) is 35.4 Å². The summed E-state index contributed by atoms with van der Waals surface area (Å²) in [5.74, 6) is -1.12. The molecule has 1 saturated heterocycles. The van der Waals surface area contributed by atoms with Crippen LogP contribution in [0.3, 0.4) is 0 Å². The third kappa shape index (κ3) is 4.31. The fourth-order valence-corrected chi connectivity index (χ4v) is 2.76. The molecule has 1 aliphatic heterocycles. The zero-order valence-corrected chi connectivity index (χ0v) is 12.5. The van der Waals surface area contributed by atoms with Gasteiger partial charge in [-0.1, -0.05) is 31.2 Å². The van der Waals surface area contributed by atoms with Crippen LogP contribution in [-0.2, 0) is 22.4 Å². The molecule has 0 aliphatic carbocycles. The number of carbonyl (C=O) groups is 2. The van der Waals surface area contributed by atoms with Gasteiger partial charge in [-0.05, 0) is 36.8 Å². The lowest BCUT2D eigenvalue weighted by Gasteiger charge is -2.30. The van der Waals surface area contributed by atoms with Gasteiger partial charge in [-0.2, -0.15) is 0 Å². The average Bonchev–Trinajstić information content (AvgIpc) is 2.53. The van der Waals surface area contributed by atoms with Crippen molar-refractivity contribution < 1.29 is 14.7 Å². The minimum atomic E-state index is -0.789. The minimum absolute atomic E-state index is 0.0699. The molecule has 21 heavy (non-hydrogen) atoms. The molecule has 114 valence electrons. The van der Waals surface area contributed by atoms with Gasteiger partial charge in [-0.3, -0.25) is 9.59 Å². The number of carboxylic acids is 1. The second kappa shape index (κ2) is 7.25. The summed E-state index contributed by atoms with van der Waals surface area (Å²) in [6.45, 7) is 3.17. The van der Waals surface area contributed by atoms with Gasteiger partial charge < -0.3 is 10.0 Å². The number of carboxylic acid groups (broad SMARTS) is 1. The van der Waals surface area contributed by atoms with E-state index < -0.39 is 11.9 Å². The van der Waals surface area contributed by atoms with E-state index in [1.54, 1.807) is 4.90 Å². The predicted molar refractivity (Wildman–Crippen MR) is 81.1 cm³/mol. The molecule has 0 radical (unpaired) electrons. The normalized spacial score (nSPS) is 18.5. The Bertz CT molecular complexity index is 495. The molecular formula is C17H23NO3. The number of aryl methyl sites for hydroxylation is 2. The Morgan fingerprint density at radius 3 is 2.52 bits per heavy atom. The molecule has 4 nitrogen and oxygen atoms in total. The number of carbonyl (C=O) groups excluding carboxylic acids is 1. The summed E-state index contributed by atoms with van der Waals surface area (Å²) in [5, 5.41) is 9.06. The van der Waals surface area contributed by atoms with Gasteiger partial charge in [0.05, 0.1) is 5.92 Å². The Labute approximate surface area is 125 Å². The first-order valence-corrected chi connectivity index (χ1v) is 7.68. The fraction of sp³-hybridized carbons (Fsp3) is 0.529. The van der Waals surface area contributed by atoms with E-state index >= 15 is 0 Å². The predicted octanol–water partition coefficient (Wildman–Crippen LogP) is 2.50. The highest BCUT2D eigenvalue weighted by Crippen LogP contribution is 2.18. The Morgan fingerprint density at radius 2 is 1.90 bits per heavy atom. The lowest BCUT2D eigenvalue weighted by Crippen LogP contribution is -2.42. The molecule has 1 N–H and O–H groups in total. The largest absolute Gasteiger partial charge is 0.481 e. The number of aliphatic carboxylic acids is 1. The van der Waals surface area contributed by atoms with Crippen LogP contribution in [-0.4, -0.2) is 35.0 Å². The first-order valence-electron chi connectivity index (χ1n) is 7.68. The lowest BCUT2D eigenvalue weighted by molar-refractivity contribution is -0.145. The molecule has 1 fully saturated rings. The Kier molecular flexibility index (Phi) is 5.37. The number of hydrogen-bond acceptors (Lipinski definition) is 2. The minimum Gasteiger partial charge on any atom is -0.481 e. The first-order chi connectivity index (χ1) is 10.1. The van der Waals surface area contributed by atoms with Gasteiger partial charge in [0.1, 0.15) is 0 Å². The maximum atomic E-state index is 12.2.